The lowest BCUT2D eigenvalue weighted by atomic mass is 10.1. The van der Waals surface area contributed by atoms with Gasteiger partial charge in [0, 0.05) is 19.0 Å². The molecule has 9 nitrogen and oxygen atoms in total. The van der Waals surface area contributed by atoms with Gasteiger partial charge in [0.1, 0.15) is 5.75 Å². The predicted octanol–water partition coefficient (Wildman–Crippen LogP) is 2.12. The van der Waals surface area contributed by atoms with Crippen molar-refractivity contribution in [2.45, 2.75) is 31.2 Å². The van der Waals surface area contributed by atoms with Gasteiger partial charge < -0.3 is 4.74 Å². The minimum Gasteiger partial charge on any atom is -0.497 e. The summed E-state index contributed by atoms with van der Waals surface area (Å²) in [6.07, 6.45) is -0.0813. The SMILES string of the molecule is CCN(CC)C(CNS(=O)(=O)c1ccc(N2C(=O)CCS2(=O)=O)cc1)c1ccc(OC)cc1. The van der Waals surface area contributed by atoms with Crippen LogP contribution < -0.4 is 13.8 Å². The molecule has 33 heavy (non-hydrogen) atoms. The van der Waals surface area contributed by atoms with Crippen LogP contribution in [0.15, 0.2) is 53.4 Å². The van der Waals surface area contributed by atoms with Crippen molar-refractivity contribution in [2.75, 3.05) is 36.8 Å². The zero-order chi connectivity index (χ0) is 24.2. The third-order valence-electron chi connectivity index (χ3n) is 5.68. The molecule has 0 bridgehead atoms. The van der Waals surface area contributed by atoms with E-state index in [1.807, 2.05) is 38.1 Å². The van der Waals surface area contributed by atoms with E-state index in [1.165, 1.54) is 24.3 Å². The third-order valence-corrected chi connectivity index (χ3v) is 8.81. The third kappa shape index (κ3) is 5.55. The summed E-state index contributed by atoms with van der Waals surface area (Å²) >= 11 is 0. The molecule has 1 aliphatic rings. The Kier molecular flexibility index (Phi) is 7.78. The van der Waals surface area contributed by atoms with Gasteiger partial charge in [0.2, 0.25) is 26.0 Å². The number of likely N-dealkylation sites (N-methyl/N-ethyl adjacent to an activating group) is 1. The maximum absolute atomic E-state index is 12.9. The number of nitrogens with one attached hydrogen (secondary N) is 1. The smallest absolute Gasteiger partial charge is 0.242 e. The Balaban J connectivity index is 1.79. The highest BCUT2D eigenvalue weighted by Crippen LogP contribution is 2.27. The molecule has 2 aromatic rings. The van der Waals surface area contributed by atoms with Crippen LogP contribution in [0.25, 0.3) is 0 Å². The van der Waals surface area contributed by atoms with Gasteiger partial charge in [-0.15, -0.1) is 0 Å². The van der Waals surface area contributed by atoms with Crippen LogP contribution in [0.2, 0.25) is 0 Å². The second kappa shape index (κ2) is 10.2. The Morgan fingerprint density at radius 1 is 1.06 bits per heavy atom. The number of anilines is 1. The molecule has 0 spiro atoms. The molecule has 1 fully saturated rings. The first-order valence-corrected chi connectivity index (χ1v) is 13.8. The highest BCUT2D eigenvalue weighted by atomic mass is 32.2. The number of amides is 1. The molecular weight excluding hydrogens is 466 g/mol. The van der Waals surface area contributed by atoms with Gasteiger partial charge in [-0.3, -0.25) is 9.69 Å². The number of ether oxygens (including phenoxy) is 1. The molecular formula is C22H29N3O6S2. The molecule has 3 rings (SSSR count). The van der Waals surface area contributed by atoms with E-state index in [0.29, 0.717) is 0 Å². The highest BCUT2D eigenvalue weighted by molar-refractivity contribution is 7.94. The van der Waals surface area contributed by atoms with Crippen molar-refractivity contribution in [3.05, 3.63) is 54.1 Å². The van der Waals surface area contributed by atoms with E-state index in [2.05, 4.69) is 9.62 Å². The number of sulfonamides is 2. The molecule has 0 aliphatic carbocycles. The monoisotopic (exact) mass is 495 g/mol. The van der Waals surface area contributed by atoms with E-state index < -0.39 is 26.0 Å². The first-order chi connectivity index (χ1) is 15.6. The Hall–Kier alpha value is -2.47. The van der Waals surface area contributed by atoms with Crippen molar-refractivity contribution in [1.82, 2.24) is 9.62 Å². The van der Waals surface area contributed by atoms with E-state index in [-0.39, 0.29) is 35.3 Å². The van der Waals surface area contributed by atoms with Crippen molar-refractivity contribution in [3.63, 3.8) is 0 Å². The van der Waals surface area contributed by atoms with Gasteiger partial charge in [0.05, 0.1) is 23.4 Å². The number of carbonyl (C=O) groups is 1. The molecule has 1 amide bonds. The summed E-state index contributed by atoms with van der Waals surface area (Å²) in [5.41, 5.74) is 1.09. The molecule has 1 heterocycles. The fraction of sp³-hybridized carbons (Fsp3) is 0.409. The quantitative estimate of drug-likeness (QED) is 0.537. The topological polar surface area (TPSA) is 113 Å². The fourth-order valence-electron chi connectivity index (χ4n) is 3.85. The van der Waals surface area contributed by atoms with E-state index in [9.17, 15) is 21.6 Å². The Labute approximate surface area is 195 Å². The lowest BCUT2D eigenvalue weighted by molar-refractivity contribution is -0.116. The molecule has 0 aromatic heterocycles. The lowest BCUT2D eigenvalue weighted by Gasteiger charge is -2.30. The van der Waals surface area contributed by atoms with Crippen LogP contribution in [-0.2, 0) is 24.8 Å². The van der Waals surface area contributed by atoms with Crippen molar-refractivity contribution >= 4 is 31.6 Å². The van der Waals surface area contributed by atoms with Gasteiger partial charge >= 0.3 is 0 Å². The van der Waals surface area contributed by atoms with E-state index in [0.717, 1.165) is 28.7 Å². The summed E-state index contributed by atoms with van der Waals surface area (Å²) in [6.45, 7) is 5.66. The first kappa shape index (κ1) is 25.2. The first-order valence-electron chi connectivity index (χ1n) is 10.7. The molecule has 1 aliphatic heterocycles. The molecule has 1 atom stereocenters. The number of hydrogen-bond acceptors (Lipinski definition) is 7. The van der Waals surface area contributed by atoms with Crippen molar-refractivity contribution in [2.24, 2.45) is 0 Å². The summed E-state index contributed by atoms with van der Waals surface area (Å²) in [4.78, 5) is 14.1. The second-order valence-electron chi connectivity index (χ2n) is 7.58. The molecule has 2 aromatic carbocycles. The van der Waals surface area contributed by atoms with Crippen molar-refractivity contribution in [1.29, 1.82) is 0 Å². The summed E-state index contributed by atoms with van der Waals surface area (Å²) in [5.74, 6) is -0.0487. The summed E-state index contributed by atoms with van der Waals surface area (Å²) < 4.78 is 58.7. The van der Waals surface area contributed by atoms with Crippen LogP contribution in [-0.4, -0.2) is 60.1 Å². The molecule has 180 valence electrons. The summed E-state index contributed by atoms with van der Waals surface area (Å²) in [5, 5.41) is 0. The Morgan fingerprint density at radius 3 is 2.15 bits per heavy atom. The Bertz CT molecular complexity index is 1180. The van der Waals surface area contributed by atoms with E-state index in [4.69, 9.17) is 4.74 Å². The van der Waals surface area contributed by atoms with Crippen LogP contribution in [0.5, 0.6) is 5.75 Å². The van der Waals surface area contributed by atoms with Crippen LogP contribution in [0.3, 0.4) is 0 Å². The highest BCUT2D eigenvalue weighted by Gasteiger charge is 2.36. The molecule has 1 saturated heterocycles. The Morgan fingerprint density at radius 2 is 1.67 bits per heavy atom. The maximum Gasteiger partial charge on any atom is 0.242 e. The van der Waals surface area contributed by atoms with Gasteiger partial charge in [0.15, 0.2) is 0 Å². The normalized spacial score (nSPS) is 16.8. The largest absolute Gasteiger partial charge is 0.497 e. The average Bonchev–Trinajstić information content (AvgIpc) is 3.08. The predicted molar refractivity (Wildman–Crippen MR) is 126 cm³/mol. The molecule has 0 radical (unpaired) electrons. The summed E-state index contributed by atoms with van der Waals surface area (Å²) in [7, 11) is -5.98. The van der Waals surface area contributed by atoms with Crippen molar-refractivity contribution < 1.29 is 26.4 Å². The fourth-order valence-corrected chi connectivity index (χ4v) is 6.35. The van der Waals surface area contributed by atoms with Gasteiger partial charge in [-0.1, -0.05) is 26.0 Å². The van der Waals surface area contributed by atoms with Crippen LogP contribution in [0, 0.1) is 0 Å². The standard InChI is InChI=1S/C22H29N3O6S2/c1-4-24(5-2)21(17-6-10-19(31-3)11-7-17)16-23-33(29,30)20-12-8-18(9-13-20)25-22(26)14-15-32(25,27)28/h6-13,21,23H,4-5,14-16H2,1-3H3. The molecule has 11 heteroatoms. The number of benzene rings is 2. The van der Waals surface area contributed by atoms with Gasteiger partial charge in [-0.25, -0.2) is 25.9 Å². The second-order valence-corrected chi connectivity index (χ2v) is 11.3. The molecule has 1 unspecified atom stereocenters. The maximum atomic E-state index is 12.9. The van der Waals surface area contributed by atoms with E-state index in [1.54, 1.807) is 7.11 Å². The molecule has 0 saturated carbocycles. The van der Waals surface area contributed by atoms with E-state index >= 15 is 0 Å². The van der Waals surface area contributed by atoms with Crippen LogP contribution in [0.4, 0.5) is 5.69 Å². The zero-order valence-corrected chi connectivity index (χ0v) is 20.5. The van der Waals surface area contributed by atoms with Gasteiger partial charge in [-0.2, -0.15) is 0 Å². The van der Waals surface area contributed by atoms with Crippen molar-refractivity contribution in [3.8, 4) is 5.75 Å². The minimum absolute atomic E-state index is 0.0108. The number of carbonyl (C=O) groups excluding carboxylic acids is 1. The lowest BCUT2D eigenvalue weighted by Crippen LogP contribution is -2.38. The average molecular weight is 496 g/mol. The zero-order valence-electron chi connectivity index (χ0n) is 18.9. The molecule has 1 N–H and O–H groups in total. The summed E-state index contributed by atoms with van der Waals surface area (Å²) in [6, 6.07) is 12.6. The number of hydrogen-bond donors (Lipinski definition) is 1. The number of rotatable bonds is 10. The number of methoxy groups -OCH3 is 1. The van der Waals surface area contributed by atoms with Gasteiger partial charge in [0.25, 0.3) is 0 Å². The van der Waals surface area contributed by atoms with Crippen LogP contribution in [0.1, 0.15) is 31.9 Å². The number of nitrogens with zero attached hydrogens (tertiary/aromatic N) is 2. The minimum atomic E-state index is -3.86. The van der Waals surface area contributed by atoms with Crippen LogP contribution >= 0.6 is 0 Å². The van der Waals surface area contributed by atoms with Gasteiger partial charge in [-0.05, 0) is 55.1 Å².